The molecule has 4 unspecified atom stereocenters. The Labute approximate surface area is 295 Å². The van der Waals surface area contributed by atoms with Gasteiger partial charge in [-0.1, -0.05) is 35.5 Å². The quantitative estimate of drug-likeness (QED) is 0.101. The molecular formula is C36H43N5O10. The van der Waals surface area contributed by atoms with Crippen molar-refractivity contribution in [3.63, 3.8) is 0 Å². The Balaban J connectivity index is 1.19. The highest BCUT2D eigenvalue weighted by Gasteiger charge is 2.42. The Kier molecular flexibility index (Phi) is 12.1. The maximum Gasteiger partial charge on any atom is 0.415 e. The third kappa shape index (κ3) is 9.42. The average Bonchev–Trinajstić information content (AvgIpc) is 3.67. The highest BCUT2D eigenvalue weighted by atomic mass is 16.9. The Morgan fingerprint density at radius 1 is 1.04 bits per heavy atom. The summed E-state index contributed by atoms with van der Waals surface area (Å²) in [7, 11) is 1.69. The van der Waals surface area contributed by atoms with E-state index in [4.69, 9.17) is 23.7 Å². The highest BCUT2D eigenvalue weighted by Crippen LogP contribution is 2.36. The molecule has 1 N–H and O–H groups in total. The molecule has 15 nitrogen and oxygen atoms in total. The molecule has 0 aromatic heterocycles. The van der Waals surface area contributed by atoms with Crippen LogP contribution >= 0.6 is 0 Å². The fourth-order valence-corrected chi connectivity index (χ4v) is 6.71. The van der Waals surface area contributed by atoms with Crippen molar-refractivity contribution in [1.82, 2.24) is 10.2 Å². The zero-order valence-electron chi connectivity index (χ0n) is 28.5. The predicted octanol–water partition coefficient (Wildman–Crippen LogP) is 4.69. The smallest absolute Gasteiger partial charge is 0.415 e. The molecule has 0 aliphatic carbocycles. The standard InChI is InChI=1S/C36H43N5O10/c1-46-17-2-15-39-16-18-47-33-12-5-26(19-32(33)39)23-48-34-22-40(36(42)51-29-8-3-25(4-9-29)24-49-41(44)45)21-31(38-43)35(34)27-6-10-28(11-7-27)50-30-13-14-37-20-30/h3-12,19,30-31,34-35,37H,2,13-18,20-24H2,1H3. The van der Waals surface area contributed by atoms with Crippen LogP contribution in [0.25, 0.3) is 0 Å². The van der Waals surface area contributed by atoms with Crippen LogP contribution in [0.4, 0.5) is 10.5 Å². The number of anilines is 1. The molecule has 1 amide bonds. The van der Waals surface area contributed by atoms with E-state index >= 15 is 0 Å². The fraction of sp³-hybridized carbons (Fsp3) is 0.472. The molecular weight excluding hydrogens is 662 g/mol. The Morgan fingerprint density at radius 2 is 1.82 bits per heavy atom. The van der Waals surface area contributed by atoms with E-state index in [0.29, 0.717) is 18.8 Å². The molecule has 2 saturated heterocycles. The van der Waals surface area contributed by atoms with E-state index in [0.717, 1.165) is 67.3 Å². The lowest BCUT2D eigenvalue weighted by Gasteiger charge is -2.40. The van der Waals surface area contributed by atoms with Gasteiger partial charge in [0.05, 0.1) is 38.0 Å². The molecule has 3 aromatic carbocycles. The fourth-order valence-electron chi connectivity index (χ4n) is 6.71. The number of amides is 1. The van der Waals surface area contributed by atoms with Crippen molar-refractivity contribution in [2.75, 3.05) is 64.5 Å². The second-order valence-electron chi connectivity index (χ2n) is 12.7. The first-order chi connectivity index (χ1) is 24.9. The van der Waals surface area contributed by atoms with E-state index in [1.54, 1.807) is 19.2 Å². The van der Waals surface area contributed by atoms with Gasteiger partial charge < -0.3 is 43.6 Å². The van der Waals surface area contributed by atoms with Crippen LogP contribution in [0.15, 0.2) is 71.9 Å². The molecule has 272 valence electrons. The summed E-state index contributed by atoms with van der Waals surface area (Å²) in [6.07, 6.45) is 0.647. The van der Waals surface area contributed by atoms with Gasteiger partial charge in [-0.05, 0) is 72.5 Å². The second kappa shape index (κ2) is 17.3. The van der Waals surface area contributed by atoms with Crippen LogP contribution in [0.2, 0.25) is 0 Å². The number of hydrogen-bond donors (Lipinski definition) is 1. The van der Waals surface area contributed by atoms with Crippen LogP contribution in [0, 0.1) is 15.0 Å². The maximum absolute atomic E-state index is 13.4. The van der Waals surface area contributed by atoms with Crippen molar-refractivity contribution in [2.45, 2.75) is 50.2 Å². The van der Waals surface area contributed by atoms with Crippen LogP contribution in [-0.4, -0.2) is 93.9 Å². The zero-order chi connectivity index (χ0) is 35.6. The number of nitrogens with one attached hydrogen (secondary N) is 1. The molecule has 0 bridgehead atoms. The van der Waals surface area contributed by atoms with Gasteiger partial charge >= 0.3 is 6.09 Å². The summed E-state index contributed by atoms with van der Waals surface area (Å²) in [4.78, 5) is 44.5. The Bertz CT molecular complexity index is 1620. The van der Waals surface area contributed by atoms with Crippen molar-refractivity contribution in [3.05, 3.63) is 98.4 Å². The lowest BCUT2D eigenvalue weighted by Crippen LogP contribution is -2.53. The number of hydrogen-bond acceptors (Lipinski definition) is 13. The zero-order valence-corrected chi connectivity index (χ0v) is 28.5. The minimum absolute atomic E-state index is 0.0280. The lowest BCUT2D eigenvalue weighted by atomic mass is 9.83. The van der Waals surface area contributed by atoms with Crippen LogP contribution in [-0.2, 0) is 27.5 Å². The van der Waals surface area contributed by atoms with Crippen LogP contribution in [0.5, 0.6) is 17.2 Å². The summed E-state index contributed by atoms with van der Waals surface area (Å²) in [5.41, 5.74) is 3.29. The molecule has 3 aliphatic rings. The minimum atomic E-state index is -0.872. The molecule has 51 heavy (non-hydrogen) atoms. The molecule has 0 saturated carbocycles. The topological polar surface area (TPSA) is 164 Å². The van der Waals surface area contributed by atoms with Gasteiger partial charge in [-0.3, -0.25) is 0 Å². The van der Waals surface area contributed by atoms with E-state index in [9.17, 15) is 19.8 Å². The first kappa shape index (κ1) is 35.8. The number of piperidine rings is 1. The number of methoxy groups -OCH3 is 1. The van der Waals surface area contributed by atoms with E-state index in [1.165, 1.54) is 17.0 Å². The molecule has 15 heteroatoms. The number of carbonyl (C=O) groups excluding carboxylic acids is 1. The summed E-state index contributed by atoms with van der Waals surface area (Å²) in [6, 6.07) is 19.0. The van der Waals surface area contributed by atoms with E-state index in [2.05, 4.69) is 26.3 Å². The number of likely N-dealkylation sites (tertiary alicyclic amines) is 1. The molecule has 0 spiro atoms. The van der Waals surface area contributed by atoms with E-state index in [-0.39, 0.29) is 38.2 Å². The van der Waals surface area contributed by atoms with Crippen molar-refractivity contribution in [2.24, 2.45) is 5.18 Å². The summed E-state index contributed by atoms with van der Waals surface area (Å²) < 4.78 is 29.5. The van der Waals surface area contributed by atoms with Gasteiger partial charge in [-0.2, -0.15) is 4.91 Å². The minimum Gasteiger partial charge on any atom is -0.490 e. The van der Waals surface area contributed by atoms with Crippen LogP contribution in [0.3, 0.4) is 0 Å². The number of nitrogens with zero attached hydrogens (tertiary/aromatic N) is 4. The molecule has 0 radical (unpaired) electrons. The van der Waals surface area contributed by atoms with Gasteiger partial charge in [0, 0.05) is 32.7 Å². The van der Waals surface area contributed by atoms with Crippen molar-refractivity contribution < 1.29 is 38.4 Å². The number of nitroso groups, excluding NO2 is 1. The van der Waals surface area contributed by atoms with Gasteiger partial charge in [-0.25, -0.2) is 4.79 Å². The number of ether oxygens (including phenoxy) is 5. The van der Waals surface area contributed by atoms with Gasteiger partial charge in [0.2, 0.25) is 0 Å². The van der Waals surface area contributed by atoms with Gasteiger partial charge in [0.25, 0.3) is 5.09 Å². The summed E-state index contributed by atoms with van der Waals surface area (Å²) in [5, 5.41) is 16.4. The number of rotatable bonds is 15. The maximum atomic E-state index is 13.4. The number of benzene rings is 3. The van der Waals surface area contributed by atoms with Crippen molar-refractivity contribution in [3.8, 4) is 17.2 Å². The molecule has 2 fully saturated rings. The number of carbonyl (C=O) groups is 1. The highest BCUT2D eigenvalue weighted by molar-refractivity contribution is 5.71. The number of fused-ring (bicyclic) bond motifs is 1. The Morgan fingerprint density at radius 3 is 2.55 bits per heavy atom. The first-order valence-electron chi connectivity index (χ1n) is 17.1. The third-order valence-corrected chi connectivity index (χ3v) is 9.29. The Hall–Kier alpha value is -4.99. The predicted molar refractivity (Wildman–Crippen MR) is 186 cm³/mol. The van der Waals surface area contributed by atoms with Crippen molar-refractivity contribution >= 4 is 11.8 Å². The SMILES string of the molecule is COCCCN1CCOc2ccc(COC3CN(C(=O)Oc4ccc(CO[N+](=O)[O-])cc4)CC(N=O)C3c3ccc(OC4CCNC4)cc3)cc21. The van der Waals surface area contributed by atoms with Crippen molar-refractivity contribution in [1.29, 1.82) is 0 Å². The van der Waals surface area contributed by atoms with Gasteiger partial charge in [0.1, 0.15) is 42.6 Å². The average molecular weight is 706 g/mol. The largest absolute Gasteiger partial charge is 0.490 e. The van der Waals surface area contributed by atoms with Crippen LogP contribution in [0.1, 0.15) is 35.4 Å². The molecule has 3 aromatic rings. The molecule has 4 atom stereocenters. The molecule has 3 aliphatic heterocycles. The summed E-state index contributed by atoms with van der Waals surface area (Å²) >= 11 is 0. The first-order valence-corrected chi connectivity index (χ1v) is 17.1. The molecule has 6 rings (SSSR count). The van der Waals surface area contributed by atoms with Gasteiger partial charge in [-0.15, -0.1) is 10.1 Å². The summed E-state index contributed by atoms with van der Waals surface area (Å²) in [5.74, 6) is 1.34. The third-order valence-electron chi connectivity index (χ3n) is 9.29. The monoisotopic (exact) mass is 705 g/mol. The van der Waals surface area contributed by atoms with E-state index < -0.39 is 29.2 Å². The normalized spacial score (nSPS) is 21.4. The molecule has 3 heterocycles. The summed E-state index contributed by atoms with van der Waals surface area (Å²) in [6.45, 7) is 4.75. The van der Waals surface area contributed by atoms with Crippen LogP contribution < -0.4 is 24.4 Å². The van der Waals surface area contributed by atoms with E-state index in [1.807, 2.05) is 36.4 Å². The second-order valence-corrected chi connectivity index (χ2v) is 12.7. The van der Waals surface area contributed by atoms with Gasteiger partial charge in [0.15, 0.2) is 0 Å². The lowest BCUT2D eigenvalue weighted by molar-refractivity contribution is -0.763.